The molecule has 0 bridgehead atoms. The summed E-state index contributed by atoms with van der Waals surface area (Å²) in [5.74, 6) is -0.221. The van der Waals surface area contributed by atoms with E-state index in [4.69, 9.17) is 5.26 Å². The molecule has 0 atom stereocenters. The number of nitriles is 1. The number of halogens is 1. The minimum absolute atomic E-state index is 0.221. The van der Waals surface area contributed by atoms with Gasteiger partial charge in [-0.1, -0.05) is 12.1 Å². The molecule has 0 radical (unpaired) electrons. The van der Waals surface area contributed by atoms with Crippen LogP contribution in [0.4, 0.5) is 4.39 Å². The molecule has 2 nitrogen and oxygen atoms in total. The Morgan fingerprint density at radius 2 is 2.00 bits per heavy atom. The fourth-order valence-electron chi connectivity index (χ4n) is 1.87. The van der Waals surface area contributed by atoms with E-state index in [9.17, 15) is 4.39 Å². The first-order chi connectivity index (χ1) is 7.79. The molecule has 0 aromatic heterocycles. The number of rotatable bonds is 3. The molecule has 0 aliphatic heterocycles. The standard InChI is InChI=1S/C13H13FN2/c14-12-6-4-10(5-7-12)9-16-13-3-1-2-11(13)8-15/h4-7,16H,1-3,9H2. The van der Waals surface area contributed by atoms with Gasteiger partial charge in [0.15, 0.2) is 0 Å². The van der Waals surface area contributed by atoms with Gasteiger partial charge in [-0.15, -0.1) is 0 Å². The molecule has 0 heterocycles. The van der Waals surface area contributed by atoms with E-state index in [-0.39, 0.29) is 5.82 Å². The van der Waals surface area contributed by atoms with E-state index in [1.807, 2.05) is 0 Å². The smallest absolute Gasteiger partial charge is 0.123 e. The molecule has 0 fully saturated rings. The topological polar surface area (TPSA) is 35.8 Å². The summed E-state index contributed by atoms with van der Waals surface area (Å²) in [5, 5.41) is 12.1. The monoisotopic (exact) mass is 216 g/mol. The number of nitrogens with zero attached hydrogens (tertiary/aromatic N) is 1. The summed E-state index contributed by atoms with van der Waals surface area (Å²) in [7, 11) is 0. The van der Waals surface area contributed by atoms with Gasteiger partial charge >= 0.3 is 0 Å². The molecule has 0 unspecified atom stereocenters. The molecule has 0 amide bonds. The van der Waals surface area contributed by atoms with Gasteiger partial charge in [0.1, 0.15) is 5.82 Å². The second kappa shape index (κ2) is 4.80. The summed E-state index contributed by atoms with van der Waals surface area (Å²) < 4.78 is 12.7. The summed E-state index contributed by atoms with van der Waals surface area (Å²) in [5.41, 5.74) is 2.94. The van der Waals surface area contributed by atoms with E-state index < -0.39 is 0 Å². The molecule has 0 spiro atoms. The van der Waals surface area contributed by atoms with Crippen LogP contribution in [0, 0.1) is 17.1 Å². The number of hydrogen-bond donors (Lipinski definition) is 1. The minimum atomic E-state index is -0.221. The Kier molecular flexibility index (Phi) is 3.21. The van der Waals surface area contributed by atoms with Crippen LogP contribution in [-0.4, -0.2) is 0 Å². The lowest BCUT2D eigenvalue weighted by molar-refractivity contribution is 0.626. The van der Waals surface area contributed by atoms with E-state index in [1.165, 1.54) is 12.1 Å². The van der Waals surface area contributed by atoms with Crippen molar-refractivity contribution < 1.29 is 4.39 Å². The Hall–Kier alpha value is -1.82. The van der Waals surface area contributed by atoms with Gasteiger partial charge < -0.3 is 5.32 Å². The zero-order valence-electron chi connectivity index (χ0n) is 8.96. The molecule has 1 N–H and O–H groups in total. The first kappa shape index (κ1) is 10.7. The van der Waals surface area contributed by atoms with Gasteiger partial charge in [0.25, 0.3) is 0 Å². The van der Waals surface area contributed by atoms with Crippen LogP contribution >= 0.6 is 0 Å². The van der Waals surface area contributed by atoms with Crippen molar-refractivity contribution in [2.24, 2.45) is 0 Å². The largest absolute Gasteiger partial charge is 0.383 e. The summed E-state index contributed by atoms with van der Waals surface area (Å²) in [4.78, 5) is 0. The van der Waals surface area contributed by atoms with Crippen molar-refractivity contribution in [1.82, 2.24) is 5.32 Å². The van der Waals surface area contributed by atoms with Crippen LogP contribution in [0.15, 0.2) is 35.5 Å². The van der Waals surface area contributed by atoms with Crippen molar-refractivity contribution in [3.63, 3.8) is 0 Å². The third-order valence-electron chi connectivity index (χ3n) is 2.77. The van der Waals surface area contributed by atoms with Gasteiger partial charge in [0.05, 0.1) is 6.07 Å². The molecular weight excluding hydrogens is 203 g/mol. The Labute approximate surface area is 94.4 Å². The maximum atomic E-state index is 12.7. The highest BCUT2D eigenvalue weighted by Gasteiger charge is 2.13. The second-order valence-electron chi connectivity index (χ2n) is 3.90. The lowest BCUT2D eigenvalue weighted by Crippen LogP contribution is -2.12. The molecule has 0 saturated carbocycles. The van der Waals surface area contributed by atoms with Crippen LogP contribution in [0.5, 0.6) is 0 Å². The lowest BCUT2D eigenvalue weighted by atomic mass is 10.2. The Morgan fingerprint density at radius 3 is 2.69 bits per heavy atom. The molecule has 1 aliphatic carbocycles. The first-order valence-corrected chi connectivity index (χ1v) is 5.40. The summed E-state index contributed by atoms with van der Waals surface area (Å²) >= 11 is 0. The summed E-state index contributed by atoms with van der Waals surface area (Å²) in [6.45, 7) is 0.654. The number of allylic oxidation sites excluding steroid dienone is 2. The zero-order chi connectivity index (χ0) is 11.4. The molecule has 82 valence electrons. The molecule has 1 aromatic rings. The van der Waals surface area contributed by atoms with E-state index in [0.717, 1.165) is 36.1 Å². The highest BCUT2D eigenvalue weighted by Crippen LogP contribution is 2.23. The van der Waals surface area contributed by atoms with Crippen molar-refractivity contribution >= 4 is 0 Å². The van der Waals surface area contributed by atoms with Gasteiger partial charge in [-0.3, -0.25) is 0 Å². The molecule has 2 rings (SSSR count). The Morgan fingerprint density at radius 1 is 1.25 bits per heavy atom. The normalized spacial score (nSPS) is 15.0. The van der Waals surface area contributed by atoms with E-state index in [2.05, 4.69) is 11.4 Å². The third-order valence-corrected chi connectivity index (χ3v) is 2.77. The highest BCUT2D eigenvalue weighted by molar-refractivity contribution is 5.31. The van der Waals surface area contributed by atoms with Crippen LogP contribution in [0.2, 0.25) is 0 Å². The number of benzene rings is 1. The SMILES string of the molecule is N#CC1=C(NCc2ccc(F)cc2)CCC1. The van der Waals surface area contributed by atoms with Crippen molar-refractivity contribution in [3.05, 3.63) is 46.9 Å². The van der Waals surface area contributed by atoms with E-state index in [1.54, 1.807) is 12.1 Å². The highest BCUT2D eigenvalue weighted by atomic mass is 19.1. The molecule has 16 heavy (non-hydrogen) atoms. The fraction of sp³-hybridized carbons (Fsp3) is 0.308. The van der Waals surface area contributed by atoms with Crippen molar-refractivity contribution in [2.75, 3.05) is 0 Å². The predicted octanol–water partition coefficient (Wildman–Crippen LogP) is 2.88. The van der Waals surface area contributed by atoms with Crippen molar-refractivity contribution in [3.8, 4) is 6.07 Å². The fourth-order valence-corrected chi connectivity index (χ4v) is 1.87. The van der Waals surface area contributed by atoms with Crippen LogP contribution in [0.3, 0.4) is 0 Å². The van der Waals surface area contributed by atoms with Gasteiger partial charge in [-0.25, -0.2) is 4.39 Å². The van der Waals surface area contributed by atoms with Crippen molar-refractivity contribution in [2.45, 2.75) is 25.8 Å². The van der Waals surface area contributed by atoms with Crippen LogP contribution in [0.1, 0.15) is 24.8 Å². The Balaban J connectivity index is 1.98. The van der Waals surface area contributed by atoms with Crippen LogP contribution in [-0.2, 0) is 6.54 Å². The minimum Gasteiger partial charge on any atom is -0.383 e. The van der Waals surface area contributed by atoms with Crippen LogP contribution < -0.4 is 5.32 Å². The molecule has 1 aromatic carbocycles. The third kappa shape index (κ3) is 2.40. The van der Waals surface area contributed by atoms with Gasteiger partial charge in [0, 0.05) is 17.8 Å². The summed E-state index contributed by atoms with van der Waals surface area (Å²) in [6, 6.07) is 8.62. The van der Waals surface area contributed by atoms with Crippen LogP contribution in [0.25, 0.3) is 0 Å². The lowest BCUT2D eigenvalue weighted by Gasteiger charge is -2.07. The van der Waals surface area contributed by atoms with E-state index in [0.29, 0.717) is 6.54 Å². The average Bonchev–Trinajstić information content (AvgIpc) is 2.76. The Bertz CT molecular complexity index is 440. The maximum Gasteiger partial charge on any atom is 0.123 e. The zero-order valence-corrected chi connectivity index (χ0v) is 8.96. The molecule has 0 saturated heterocycles. The average molecular weight is 216 g/mol. The van der Waals surface area contributed by atoms with E-state index >= 15 is 0 Å². The van der Waals surface area contributed by atoms with Crippen molar-refractivity contribution in [1.29, 1.82) is 5.26 Å². The second-order valence-corrected chi connectivity index (χ2v) is 3.90. The maximum absolute atomic E-state index is 12.7. The van der Waals surface area contributed by atoms with Gasteiger partial charge in [0.2, 0.25) is 0 Å². The molecular formula is C13H13FN2. The molecule has 1 aliphatic rings. The van der Waals surface area contributed by atoms with Gasteiger partial charge in [-0.05, 0) is 37.0 Å². The number of nitrogens with one attached hydrogen (secondary N) is 1. The quantitative estimate of drug-likeness (QED) is 0.843. The first-order valence-electron chi connectivity index (χ1n) is 5.40. The number of hydrogen-bond acceptors (Lipinski definition) is 2. The molecule has 3 heteroatoms. The summed E-state index contributed by atoms with van der Waals surface area (Å²) in [6.07, 6.45) is 2.88. The van der Waals surface area contributed by atoms with Gasteiger partial charge in [-0.2, -0.15) is 5.26 Å². The predicted molar refractivity (Wildman–Crippen MR) is 59.7 cm³/mol.